The van der Waals surface area contributed by atoms with E-state index >= 15 is 0 Å². The van der Waals surface area contributed by atoms with Gasteiger partial charge in [0.1, 0.15) is 18.0 Å². The van der Waals surface area contributed by atoms with E-state index in [-0.39, 0.29) is 0 Å². The fraction of sp³-hybridized carbons (Fsp3) is 0.273. The van der Waals surface area contributed by atoms with E-state index < -0.39 is 0 Å². The first-order chi connectivity index (χ1) is 6.40. The minimum atomic E-state index is 0.561. The molecule has 1 aromatic carbocycles. The van der Waals surface area contributed by atoms with Crippen LogP contribution in [0, 0.1) is 0 Å². The van der Waals surface area contributed by atoms with E-state index in [9.17, 15) is 0 Å². The average Bonchev–Trinajstić information content (AvgIpc) is 2.57. The maximum absolute atomic E-state index is 5.55. The van der Waals surface area contributed by atoms with Gasteiger partial charge < -0.3 is 9.15 Å². The monoisotopic (exact) mass is 176 g/mol. The molecular formula is C11H12O2. The summed E-state index contributed by atoms with van der Waals surface area (Å²) in [6.45, 7) is 3.25. The summed E-state index contributed by atoms with van der Waals surface area (Å²) in [7, 11) is 0. The van der Waals surface area contributed by atoms with Crippen LogP contribution >= 0.6 is 0 Å². The number of fused-ring (bicyclic) bond motifs is 1. The number of benzene rings is 1. The Kier molecular flexibility index (Phi) is 2.32. The van der Waals surface area contributed by atoms with Crippen LogP contribution < -0.4 is 0 Å². The Labute approximate surface area is 77.1 Å². The van der Waals surface area contributed by atoms with E-state index in [4.69, 9.17) is 9.15 Å². The van der Waals surface area contributed by atoms with Gasteiger partial charge in [0.2, 0.25) is 0 Å². The van der Waals surface area contributed by atoms with Crippen LogP contribution in [-0.4, -0.2) is 6.61 Å². The molecule has 0 aliphatic carbocycles. The lowest BCUT2D eigenvalue weighted by molar-refractivity contribution is 0.119. The number of ether oxygens (including phenoxy) is 1. The van der Waals surface area contributed by atoms with Gasteiger partial charge in [0.15, 0.2) is 0 Å². The third-order valence-electron chi connectivity index (χ3n) is 1.92. The van der Waals surface area contributed by atoms with Crippen molar-refractivity contribution in [2.24, 2.45) is 0 Å². The van der Waals surface area contributed by atoms with Gasteiger partial charge in [0.25, 0.3) is 0 Å². The van der Waals surface area contributed by atoms with Crippen LogP contribution in [-0.2, 0) is 11.3 Å². The SMILES string of the molecule is CCOCc1cc2ccccc2o1. The van der Waals surface area contributed by atoms with Crippen molar-refractivity contribution in [3.05, 3.63) is 36.1 Å². The summed E-state index contributed by atoms with van der Waals surface area (Å²) in [5.41, 5.74) is 0.928. The quantitative estimate of drug-likeness (QED) is 0.717. The summed E-state index contributed by atoms with van der Waals surface area (Å²) in [5.74, 6) is 0.892. The molecule has 0 fully saturated rings. The van der Waals surface area contributed by atoms with Crippen LogP contribution in [0.25, 0.3) is 11.0 Å². The zero-order chi connectivity index (χ0) is 9.10. The predicted molar refractivity (Wildman–Crippen MR) is 51.5 cm³/mol. The highest BCUT2D eigenvalue weighted by molar-refractivity contribution is 5.77. The first-order valence-electron chi connectivity index (χ1n) is 4.45. The number of para-hydroxylation sites is 1. The van der Waals surface area contributed by atoms with Crippen LogP contribution in [0.4, 0.5) is 0 Å². The molecule has 0 atom stereocenters. The summed E-state index contributed by atoms with van der Waals surface area (Å²) in [5, 5.41) is 1.14. The standard InChI is InChI=1S/C11H12O2/c1-2-12-8-10-7-9-5-3-4-6-11(9)13-10/h3-7H,2,8H2,1H3. The molecule has 2 aromatic rings. The molecule has 1 heterocycles. The summed E-state index contributed by atoms with van der Waals surface area (Å²) in [6, 6.07) is 9.99. The molecule has 0 aliphatic heterocycles. The Bertz CT molecular complexity index is 357. The highest BCUT2D eigenvalue weighted by Crippen LogP contribution is 2.18. The lowest BCUT2D eigenvalue weighted by Gasteiger charge is -1.94. The van der Waals surface area contributed by atoms with Crippen molar-refractivity contribution in [3.63, 3.8) is 0 Å². The van der Waals surface area contributed by atoms with Crippen LogP contribution in [0.3, 0.4) is 0 Å². The van der Waals surface area contributed by atoms with Gasteiger partial charge in [-0.1, -0.05) is 18.2 Å². The van der Waals surface area contributed by atoms with Crippen LogP contribution in [0.2, 0.25) is 0 Å². The van der Waals surface area contributed by atoms with Gasteiger partial charge in [0.05, 0.1) is 0 Å². The van der Waals surface area contributed by atoms with Crippen LogP contribution in [0.1, 0.15) is 12.7 Å². The van der Waals surface area contributed by atoms with E-state index in [0.29, 0.717) is 6.61 Å². The molecule has 0 saturated heterocycles. The van der Waals surface area contributed by atoms with Gasteiger partial charge >= 0.3 is 0 Å². The molecule has 0 spiro atoms. The lowest BCUT2D eigenvalue weighted by Crippen LogP contribution is -1.88. The Morgan fingerprint density at radius 3 is 2.92 bits per heavy atom. The van der Waals surface area contributed by atoms with Crippen molar-refractivity contribution < 1.29 is 9.15 Å². The maximum Gasteiger partial charge on any atom is 0.134 e. The van der Waals surface area contributed by atoms with Gasteiger partial charge in [0, 0.05) is 12.0 Å². The maximum atomic E-state index is 5.55. The van der Waals surface area contributed by atoms with Gasteiger partial charge in [-0.05, 0) is 19.1 Å². The molecule has 2 heteroatoms. The van der Waals surface area contributed by atoms with Gasteiger partial charge in [-0.2, -0.15) is 0 Å². The summed E-state index contributed by atoms with van der Waals surface area (Å²) in [4.78, 5) is 0. The molecular weight excluding hydrogens is 164 g/mol. The molecule has 68 valence electrons. The molecule has 2 nitrogen and oxygen atoms in total. The van der Waals surface area contributed by atoms with Crippen molar-refractivity contribution in [2.75, 3.05) is 6.61 Å². The summed E-state index contributed by atoms with van der Waals surface area (Å²) >= 11 is 0. The van der Waals surface area contributed by atoms with E-state index in [2.05, 4.69) is 0 Å². The third kappa shape index (κ3) is 1.73. The topological polar surface area (TPSA) is 22.4 Å². The minimum absolute atomic E-state index is 0.561. The van der Waals surface area contributed by atoms with Crippen molar-refractivity contribution in [1.29, 1.82) is 0 Å². The first kappa shape index (κ1) is 8.32. The first-order valence-corrected chi connectivity index (χ1v) is 4.45. The number of furan rings is 1. The average molecular weight is 176 g/mol. The van der Waals surface area contributed by atoms with Crippen molar-refractivity contribution >= 4 is 11.0 Å². The highest BCUT2D eigenvalue weighted by atomic mass is 16.5. The molecule has 0 amide bonds. The predicted octanol–water partition coefficient (Wildman–Crippen LogP) is 2.97. The van der Waals surface area contributed by atoms with E-state index in [1.54, 1.807) is 0 Å². The second kappa shape index (κ2) is 3.62. The second-order valence-electron chi connectivity index (χ2n) is 2.89. The smallest absolute Gasteiger partial charge is 0.134 e. The van der Waals surface area contributed by atoms with E-state index in [0.717, 1.165) is 23.3 Å². The molecule has 13 heavy (non-hydrogen) atoms. The fourth-order valence-corrected chi connectivity index (χ4v) is 1.31. The van der Waals surface area contributed by atoms with Gasteiger partial charge in [-0.25, -0.2) is 0 Å². The Balaban J connectivity index is 2.28. The molecule has 0 N–H and O–H groups in total. The zero-order valence-corrected chi connectivity index (χ0v) is 7.62. The molecule has 0 radical (unpaired) electrons. The number of hydrogen-bond acceptors (Lipinski definition) is 2. The number of hydrogen-bond donors (Lipinski definition) is 0. The molecule has 0 bridgehead atoms. The third-order valence-corrected chi connectivity index (χ3v) is 1.92. The van der Waals surface area contributed by atoms with Crippen molar-refractivity contribution in [3.8, 4) is 0 Å². The van der Waals surface area contributed by atoms with Crippen molar-refractivity contribution in [1.82, 2.24) is 0 Å². The Morgan fingerprint density at radius 2 is 2.15 bits per heavy atom. The molecule has 0 saturated carbocycles. The highest BCUT2D eigenvalue weighted by Gasteiger charge is 2.01. The second-order valence-corrected chi connectivity index (χ2v) is 2.89. The Hall–Kier alpha value is -1.28. The largest absolute Gasteiger partial charge is 0.459 e. The lowest BCUT2D eigenvalue weighted by atomic mass is 10.2. The Morgan fingerprint density at radius 1 is 1.31 bits per heavy atom. The van der Waals surface area contributed by atoms with Crippen LogP contribution in [0.15, 0.2) is 34.7 Å². The molecule has 0 aliphatic rings. The fourth-order valence-electron chi connectivity index (χ4n) is 1.31. The van der Waals surface area contributed by atoms with Crippen LogP contribution in [0.5, 0.6) is 0 Å². The normalized spacial score (nSPS) is 10.8. The molecule has 1 aromatic heterocycles. The van der Waals surface area contributed by atoms with Gasteiger partial charge in [-0.3, -0.25) is 0 Å². The minimum Gasteiger partial charge on any atom is -0.459 e. The van der Waals surface area contributed by atoms with Gasteiger partial charge in [-0.15, -0.1) is 0 Å². The number of rotatable bonds is 3. The molecule has 0 unspecified atom stereocenters. The van der Waals surface area contributed by atoms with E-state index in [1.165, 1.54) is 0 Å². The summed E-state index contributed by atoms with van der Waals surface area (Å²) < 4.78 is 10.8. The summed E-state index contributed by atoms with van der Waals surface area (Å²) in [6.07, 6.45) is 0. The van der Waals surface area contributed by atoms with Crippen molar-refractivity contribution in [2.45, 2.75) is 13.5 Å². The zero-order valence-electron chi connectivity index (χ0n) is 7.62. The van der Waals surface area contributed by atoms with E-state index in [1.807, 2.05) is 37.3 Å². The molecule has 2 rings (SSSR count).